The van der Waals surface area contributed by atoms with E-state index in [1.165, 1.54) is 18.2 Å². The highest BCUT2D eigenvalue weighted by Gasteiger charge is 2.37. The predicted octanol–water partition coefficient (Wildman–Crippen LogP) is 1.73. The van der Waals surface area contributed by atoms with E-state index in [0.29, 0.717) is 5.69 Å². The van der Waals surface area contributed by atoms with Crippen molar-refractivity contribution in [2.75, 3.05) is 12.3 Å². The average Bonchev–Trinajstić information content (AvgIpc) is 2.66. The lowest BCUT2D eigenvalue weighted by atomic mass is 10.3. The molecule has 1 aromatic heterocycles. The van der Waals surface area contributed by atoms with Crippen LogP contribution >= 0.6 is 0 Å². The van der Waals surface area contributed by atoms with Gasteiger partial charge in [0.05, 0.1) is 17.6 Å². The lowest BCUT2D eigenvalue weighted by Gasteiger charge is -2.11. The standard InChI is InChI=1S/C11H11F3N4O2/c12-11(13,14)9-17-7-5-6(15)1-2-8(7)18(9)3-4-20-10(16)19/h1-2,5H,3-4,15H2,(H2,16,19). The summed E-state index contributed by atoms with van der Waals surface area (Å²) in [5.41, 5.74) is 11.0. The van der Waals surface area contributed by atoms with Gasteiger partial charge in [0.15, 0.2) is 0 Å². The molecule has 0 saturated heterocycles. The number of amides is 1. The van der Waals surface area contributed by atoms with Crippen molar-refractivity contribution in [1.29, 1.82) is 0 Å². The number of alkyl halides is 3. The Kier molecular flexibility index (Phi) is 3.43. The van der Waals surface area contributed by atoms with Gasteiger partial charge >= 0.3 is 12.3 Å². The first-order valence-corrected chi connectivity index (χ1v) is 5.54. The van der Waals surface area contributed by atoms with Crippen LogP contribution in [0.1, 0.15) is 5.82 Å². The molecule has 0 aliphatic rings. The van der Waals surface area contributed by atoms with Gasteiger partial charge in [0, 0.05) is 5.69 Å². The molecule has 2 rings (SSSR count). The molecule has 0 aliphatic carbocycles. The van der Waals surface area contributed by atoms with Gasteiger partial charge in [-0.15, -0.1) is 0 Å². The molecule has 1 heterocycles. The van der Waals surface area contributed by atoms with E-state index in [9.17, 15) is 18.0 Å². The second kappa shape index (κ2) is 4.91. The summed E-state index contributed by atoms with van der Waals surface area (Å²) in [5.74, 6) is -1.08. The van der Waals surface area contributed by atoms with Crippen LogP contribution in [0, 0.1) is 0 Å². The Balaban J connectivity index is 2.45. The van der Waals surface area contributed by atoms with Crippen molar-refractivity contribution in [3.8, 4) is 0 Å². The summed E-state index contributed by atoms with van der Waals surface area (Å²) >= 11 is 0. The highest BCUT2D eigenvalue weighted by Crippen LogP contribution is 2.31. The van der Waals surface area contributed by atoms with Crippen LogP contribution in [-0.2, 0) is 17.5 Å². The molecule has 0 fully saturated rings. The van der Waals surface area contributed by atoms with Gasteiger partial charge < -0.3 is 20.8 Å². The molecule has 2 aromatic rings. The lowest BCUT2D eigenvalue weighted by Crippen LogP contribution is -2.20. The molecular formula is C11H11F3N4O2. The summed E-state index contributed by atoms with van der Waals surface area (Å²) in [5, 5.41) is 0. The number of hydrogen-bond acceptors (Lipinski definition) is 4. The van der Waals surface area contributed by atoms with Crippen LogP contribution in [-0.4, -0.2) is 22.3 Å². The second-order valence-corrected chi connectivity index (χ2v) is 4.00. The maximum atomic E-state index is 12.9. The van der Waals surface area contributed by atoms with Gasteiger partial charge in [-0.1, -0.05) is 0 Å². The molecule has 0 aliphatic heterocycles. The predicted molar refractivity (Wildman–Crippen MR) is 64.7 cm³/mol. The third-order valence-corrected chi connectivity index (χ3v) is 2.59. The fraction of sp³-hybridized carbons (Fsp3) is 0.273. The number of nitrogens with zero attached hydrogens (tertiary/aromatic N) is 2. The van der Waals surface area contributed by atoms with Gasteiger partial charge in [-0.3, -0.25) is 0 Å². The zero-order valence-electron chi connectivity index (χ0n) is 10.1. The number of aromatic nitrogens is 2. The van der Waals surface area contributed by atoms with Gasteiger partial charge in [0.25, 0.3) is 0 Å². The topological polar surface area (TPSA) is 96.2 Å². The van der Waals surface area contributed by atoms with E-state index in [0.717, 1.165) is 4.57 Å². The minimum Gasteiger partial charge on any atom is -0.448 e. The molecule has 0 spiro atoms. The van der Waals surface area contributed by atoms with E-state index < -0.39 is 18.1 Å². The van der Waals surface area contributed by atoms with Crippen molar-refractivity contribution in [2.24, 2.45) is 5.73 Å². The van der Waals surface area contributed by atoms with Crippen LogP contribution in [0.25, 0.3) is 11.0 Å². The van der Waals surface area contributed by atoms with E-state index in [1.54, 1.807) is 0 Å². The zero-order chi connectivity index (χ0) is 14.9. The molecule has 0 bridgehead atoms. The fourth-order valence-electron chi connectivity index (χ4n) is 1.83. The van der Waals surface area contributed by atoms with Crippen molar-refractivity contribution in [3.63, 3.8) is 0 Å². The number of carbonyl (C=O) groups is 1. The first-order valence-electron chi connectivity index (χ1n) is 5.54. The number of carbonyl (C=O) groups excluding carboxylic acids is 1. The molecule has 6 nitrogen and oxygen atoms in total. The van der Waals surface area contributed by atoms with E-state index in [1.807, 2.05) is 0 Å². The minimum atomic E-state index is -4.62. The molecular weight excluding hydrogens is 277 g/mol. The number of nitrogen functional groups attached to an aromatic ring is 1. The smallest absolute Gasteiger partial charge is 0.448 e. The first kappa shape index (κ1) is 14.0. The SMILES string of the molecule is NC(=O)OCCn1c(C(F)(F)F)nc2cc(N)ccc21. The van der Waals surface area contributed by atoms with Gasteiger partial charge in [0.2, 0.25) is 5.82 Å². The summed E-state index contributed by atoms with van der Waals surface area (Å²) in [7, 11) is 0. The van der Waals surface area contributed by atoms with Crippen molar-refractivity contribution in [3.05, 3.63) is 24.0 Å². The number of fused-ring (bicyclic) bond motifs is 1. The van der Waals surface area contributed by atoms with E-state index in [-0.39, 0.29) is 24.2 Å². The maximum Gasteiger partial charge on any atom is 0.449 e. The Hall–Kier alpha value is -2.45. The summed E-state index contributed by atoms with van der Waals surface area (Å²) in [6.07, 6.45) is -5.67. The molecule has 1 aromatic carbocycles. The van der Waals surface area contributed by atoms with Crippen molar-refractivity contribution < 1.29 is 22.7 Å². The van der Waals surface area contributed by atoms with Gasteiger partial charge in [-0.05, 0) is 18.2 Å². The average molecular weight is 288 g/mol. The highest BCUT2D eigenvalue weighted by atomic mass is 19.4. The fourth-order valence-corrected chi connectivity index (χ4v) is 1.83. The third-order valence-electron chi connectivity index (χ3n) is 2.59. The number of benzene rings is 1. The number of ether oxygens (including phenoxy) is 1. The number of halogens is 3. The summed E-state index contributed by atoms with van der Waals surface area (Å²) < 4.78 is 44.1. The Labute approximate surface area is 111 Å². The molecule has 4 N–H and O–H groups in total. The van der Waals surface area contributed by atoms with Crippen molar-refractivity contribution in [2.45, 2.75) is 12.7 Å². The third kappa shape index (κ3) is 2.76. The molecule has 20 heavy (non-hydrogen) atoms. The van der Waals surface area contributed by atoms with Crippen LogP contribution in [0.4, 0.5) is 23.7 Å². The number of rotatable bonds is 3. The largest absolute Gasteiger partial charge is 0.449 e. The van der Waals surface area contributed by atoms with E-state index in [2.05, 4.69) is 9.72 Å². The van der Waals surface area contributed by atoms with E-state index >= 15 is 0 Å². The molecule has 0 radical (unpaired) electrons. The monoisotopic (exact) mass is 288 g/mol. The van der Waals surface area contributed by atoms with E-state index in [4.69, 9.17) is 11.5 Å². The number of nitrogens with two attached hydrogens (primary N) is 2. The summed E-state index contributed by atoms with van der Waals surface area (Å²) in [4.78, 5) is 14.0. The maximum absolute atomic E-state index is 12.9. The normalized spacial score (nSPS) is 11.8. The number of primary amides is 1. The summed E-state index contributed by atoms with van der Waals surface area (Å²) in [6, 6.07) is 4.24. The Morgan fingerprint density at radius 3 is 2.70 bits per heavy atom. The molecule has 0 saturated carbocycles. The molecule has 108 valence electrons. The number of anilines is 1. The molecule has 0 atom stereocenters. The van der Waals surface area contributed by atoms with Crippen molar-refractivity contribution >= 4 is 22.8 Å². The Bertz CT molecular complexity index is 651. The number of hydrogen-bond donors (Lipinski definition) is 2. The quantitative estimate of drug-likeness (QED) is 0.841. The zero-order valence-corrected chi connectivity index (χ0v) is 10.1. The highest BCUT2D eigenvalue weighted by molar-refractivity contribution is 5.79. The van der Waals surface area contributed by atoms with Crippen LogP contribution in [0.15, 0.2) is 18.2 Å². The van der Waals surface area contributed by atoms with Gasteiger partial charge in [0.1, 0.15) is 6.61 Å². The van der Waals surface area contributed by atoms with Crippen LogP contribution in [0.5, 0.6) is 0 Å². The van der Waals surface area contributed by atoms with Crippen LogP contribution < -0.4 is 11.5 Å². The van der Waals surface area contributed by atoms with Crippen molar-refractivity contribution in [1.82, 2.24) is 9.55 Å². The summed E-state index contributed by atoms with van der Waals surface area (Å²) in [6.45, 7) is -0.494. The molecule has 0 unspecified atom stereocenters. The Morgan fingerprint density at radius 1 is 1.40 bits per heavy atom. The number of imidazole rings is 1. The van der Waals surface area contributed by atoms with Crippen LogP contribution in [0.2, 0.25) is 0 Å². The van der Waals surface area contributed by atoms with Crippen LogP contribution in [0.3, 0.4) is 0 Å². The van der Waals surface area contributed by atoms with Gasteiger partial charge in [-0.25, -0.2) is 9.78 Å². The second-order valence-electron chi connectivity index (χ2n) is 4.00. The Morgan fingerprint density at radius 2 is 2.10 bits per heavy atom. The van der Waals surface area contributed by atoms with Gasteiger partial charge in [-0.2, -0.15) is 13.2 Å². The lowest BCUT2D eigenvalue weighted by molar-refractivity contribution is -0.147. The first-order chi connectivity index (χ1) is 9.29. The molecule has 9 heteroatoms. The molecule has 1 amide bonds. The minimum absolute atomic E-state index is 0.122.